The number of fused-ring (bicyclic) bond motifs is 1. The minimum Gasteiger partial charge on any atom is -0.333 e. The number of rotatable bonds is 6. The summed E-state index contributed by atoms with van der Waals surface area (Å²) in [6.45, 7) is 7.74. The van der Waals surface area contributed by atoms with Gasteiger partial charge in [-0.1, -0.05) is 37.7 Å². The van der Waals surface area contributed by atoms with Gasteiger partial charge in [-0.25, -0.2) is 4.98 Å². The average molecular weight is 263 g/mol. The normalized spacial score (nSPS) is 14.8. The van der Waals surface area contributed by atoms with E-state index in [2.05, 4.69) is 42.1 Å². The number of nitrogens with one attached hydrogen (secondary N) is 2. The molecule has 18 heavy (non-hydrogen) atoms. The molecule has 1 heterocycles. The van der Waals surface area contributed by atoms with Gasteiger partial charge in [0.25, 0.3) is 0 Å². The molecule has 0 aliphatic carbocycles. The van der Waals surface area contributed by atoms with Gasteiger partial charge < -0.3 is 10.3 Å². The molecule has 4 heteroatoms. The van der Waals surface area contributed by atoms with E-state index in [0.717, 1.165) is 22.7 Å². The Hall–Kier alpha value is -1.00. The number of benzene rings is 1. The van der Waals surface area contributed by atoms with E-state index in [1.165, 1.54) is 6.42 Å². The standard InChI is InChI=1S/C14H21N3S/c1-4-9-15-10(2)11(3)18-14-16-12-7-5-6-8-13(12)17-14/h5-8,10-11,15H,4,9H2,1-3H3,(H,16,17). The van der Waals surface area contributed by atoms with Crippen molar-refractivity contribution in [3.63, 3.8) is 0 Å². The molecule has 2 rings (SSSR count). The van der Waals surface area contributed by atoms with E-state index in [-0.39, 0.29) is 0 Å². The number of nitrogens with zero attached hydrogens (tertiary/aromatic N) is 1. The average Bonchev–Trinajstić information content (AvgIpc) is 2.77. The van der Waals surface area contributed by atoms with Gasteiger partial charge in [-0.15, -0.1) is 0 Å². The largest absolute Gasteiger partial charge is 0.333 e. The van der Waals surface area contributed by atoms with Gasteiger partial charge in [-0.05, 0) is 32.0 Å². The van der Waals surface area contributed by atoms with Gasteiger partial charge >= 0.3 is 0 Å². The van der Waals surface area contributed by atoms with Gasteiger partial charge in [0.05, 0.1) is 11.0 Å². The number of aromatic nitrogens is 2. The highest BCUT2D eigenvalue weighted by Gasteiger charge is 2.14. The van der Waals surface area contributed by atoms with Crippen LogP contribution in [0.5, 0.6) is 0 Å². The van der Waals surface area contributed by atoms with Crippen molar-refractivity contribution >= 4 is 22.8 Å². The summed E-state index contributed by atoms with van der Waals surface area (Å²) in [6, 6.07) is 8.65. The predicted molar refractivity (Wildman–Crippen MR) is 79.2 cm³/mol. The molecule has 1 aromatic heterocycles. The predicted octanol–water partition coefficient (Wildman–Crippen LogP) is 3.43. The number of aromatic amines is 1. The first-order valence-electron chi connectivity index (χ1n) is 6.55. The highest BCUT2D eigenvalue weighted by Crippen LogP contribution is 2.24. The van der Waals surface area contributed by atoms with E-state index in [9.17, 15) is 0 Å². The first-order valence-corrected chi connectivity index (χ1v) is 7.43. The lowest BCUT2D eigenvalue weighted by Crippen LogP contribution is -2.34. The SMILES string of the molecule is CCCNC(C)C(C)Sc1nc2ccccc2[nH]1. The van der Waals surface area contributed by atoms with Crippen molar-refractivity contribution in [1.29, 1.82) is 0 Å². The Labute approximate surface area is 113 Å². The van der Waals surface area contributed by atoms with Crippen LogP contribution in [0.15, 0.2) is 29.4 Å². The zero-order valence-corrected chi connectivity index (χ0v) is 12.1. The lowest BCUT2D eigenvalue weighted by Gasteiger charge is -2.19. The molecule has 98 valence electrons. The van der Waals surface area contributed by atoms with Gasteiger partial charge in [-0.3, -0.25) is 0 Å². The molecule has 2 atom stereocenters. The Morgan fingerprint density at radius 3 is 2.83 bits per heavy atom. The molecule has 0 bridgehead atoms. The zero-order chi connectivity index (χ0) is 13.0. The lowest BCUT2D eigenvalue weighted by molar-refractivity contribution is 0.541. The van der Waals surface area contributed by atoms with Crippen LogP contribution < -0.4 is 5.32 Å². The molecule has 2 aromatic rings. The maximum atomic E-state index is 4.60. The van der Waals surface area contributed by atoms with E-state index in [0.29, 0.717) is 11.3 Å². The third-order valence-electron chi connectivity index (χ3n) is 3.09. The van der Waals surface area contributed by atoms with Crippen LogP contribution >= 0.6 is 11.8 Å². The molecule has 0 fully saturated rings. The van der Waals surface area contributed by atoms with Crippen LogP contribution in [0.25, 0.3) is 11.0 Å². The van der Waals surface area contributed by atoms with Gasteiger partial charge in [-0.2, -0.15) is 0 Å². The highest BCUT2D eigenvalue weighted by atomic mass is 32.2. The lowest BCUT2D eigenvalue weighted by atomic mass is 10.2. The Kier molecular flexibility index (Phi) is 4.66. The fourth-order valence-corrected chi connectivity index (χ4v) is 2.77. The fourth-order valence-electron chi connectivity index (χ4n) is 1.80. The molecule has 3 nitrogen and oxygen atoms in total. The van der Waals surface area contributed by atoms with Gasteiger partial charge in [0.15, 0.2) is 5.16 Å². The molecular formula is C14H21N3S. The minimum absolute atomic E-state index is 0.489. The van der Waals surface area contributed by atoms with E-state index >= 15 is 0 Å². The number of imidazole rings is 1. The van der Waals surface area contributed by atoms with Crippen molar-refractivity contribution < 1.29 is 0 Å². The van der Waals surface area contributed by atoms with Crippen molar-refractivity contribution in [2.24, 2.45) is 0 Å². The molecule has 0 amide bonds. The Morgan fingerprint density at radius 1 is 1.33 bits per heavy atom. The topological polar surface area (TPSA) is 40.7 Å². The number of hydrogen-bond donors (Lipinski definition) is 2. The molecular weight excluding hydrogens is 242 g/mol. The van der Waals surface area contributed by atoms with Crippen molar-refractivity contribution in [2.45, 2.75) is 43.6 Å². The molecule has 0 saturated carbocycles. The summed E-state index contributed by atoms with van der Waals surface area (Å²) in [7, 11) is 0. The molecule has 0 aliphatic heterocycles. The summed E-state index contributed by atoms with van der Waals surface area (Å²) >= 11 is 1.80. The monoisotopic (exact) mass is 263 g/mol. The number of H-pyrrole nitrogens is 1. The van der Waals surface area contributed by atoms with Gasteiger partial charge in [0.1, 0.15) is 0 Å². The molecule has 0 aliphatic rings. The van der Waals surface area contributed by atoms with Crippen molar-refractivity contribution in [1.82, 2.24) is 15.3 Å². The zero-order valence-electron chi connectivity index (χ0n) is 11.2. The third kappa shape index (κ3) is 3.27. The van der Waals surface area contributed by atoms with Crippen LogP contribution in [0.3, 0.4) is 0 Å². The molecule has 0 radical (unpaired) electrons. The Bertz CT molecular complexity index is 461. The van der Waals surface area contributed by atoms with Crippen LogP contribution in [-0.2, 0) is 0 Å². The third-order valence-corrected chi connectivity index (χ3v) is 4.28. The molecule has 2 N–H and O–H groups in total. The van der Waals surface area contributed by atoms with Gasteiger partial charge in [0, 0.05) is 11.3 Å². The highest BCUT2D eigenvalue weighted by molar-refractivity contribution is 7.99. The van der Waals surface area contributed by atoms with Crippen molar-refractivity contribution in [3.05, 3.63) is 24.3 Å². The van der Waals surface area contributed by atoms with Crippen LogP contribution in [0.2, 0.25) is 0 Å². The van der Waals surface area contributed by atoms with E-state index in [1.54, 1.807) is 11.8 Å². The van der Waals surface area contributed by atoms with Crippen molar-refractivity contribution in [2.75, 3.05) is 6.54 Å². The quantitative estimate of drug-likeness (QED) is 0.784. The molecule has 2 unspecified atom stereocenters. The van der Waals surface area contributed by atoms with E-state index in [1.807, 2.05) is 18.2 Å². The summed E-state index contributed by atoms with van der Waals surface area (Å²) in [5, 5.41) is 5.03. The van der Waals surface area contributed by atoms with Crippen LogP contribution in [0, 0.1) is 0 Å². The Balaban J connectivity index is 1.99. The summed E-state index contributed by atoms with van der Waals surface area (Å²) in [5.41, 5.74) is 2.16. The first kappa shape index (κ1) is 13.4. The van der Waals surface area contributed by atoms with Crippen LogP contribution in [-0.4, -0.2) is 27.8 Å². The summed E-state index contributed by atoms with van der Waals surface area (Å²) < 4.78 is 0. The summed E-state index contributed by atoms with van der Waals surface area (Å²) in [5.74, 6) is 0. The second-order valence-corrected chi connectivity index (χ2v) is 5.99. The number of thioether (sulfide) groups is 1. The second-order valence-electron chi connectivity index (χ2n) is 4.62. The van der Waals surface area contributed by atoms with Crippen LogP contribution in [0.4, 0.5) is 0 Å². The number of para-hydroxylation sites is 2. The van der Waals surface area contributed by atoms with Crippen LogP contribution in [0.1, 0.15) is 27.2 Å². The molecule has 1 aromatic carbocycles. The van der Waals surface area contributed by atoms with Gasteiger partial charge in [0.2, 0.25) is 0 Å². The van der Waals surface area contributed by atoms with E-state index in [4.69, 9.17) is 0 Å². The minimum atomic E-state index is 0.489. The second kappa shape index (κ2) is 6.25. The number of hydrogen-bond acceptors (Lipinski definition) is 3. The molecule has 0 spiro atoms. The molecule has 0 saturated heterocycles. The smallest absolute Gasteiger partial charge is 0.166 e. The Morgan fingerprint density at radius 2 is 2.11 bits per heavy atom. The summed E-state index contributed by atoms with van der Waals surface area (Å²) in [4.78, 5) is 7.96. The van der Waals surface area contributed by atoms with E-state index < -0.39 is 0 Å². The summed E-state index contributed by atoms with van der Waals surface area (Å²) in [6.07, 6.45) is 1.17. The maximum absolute atomic E-state index is 4.60. The van der Waals surface area contributed by atoms with Crippen molar-refractivity contribution in [3.8, 4) is 0 Å². The first-order chi connectivity index (χ1) is 8.70. The fraction of sp³-hybridized carbons (Fsp3) is 0.500. The maximum Gasteiger partial charge on any atom is 0.166 e.